The monoisotopic (exact) mass is 298 g/mol. The number of carbonyl (C=O) groups is 1. The zero-order valence-electron chi connectivity index (χ0n) is 11.2. The molecular weight excluding hydrogens is 280 g/mol. The molecule has 20 heavy (non-hydrogen) atoms. The molecule has 6 heteroatoms. The summed E-state index contributed by atoms with van der Waals surface area (Å²) in [7, 11) is 1.53. The van der Waals surface area contributed by atoms with Crippen LogP contribution in [0.3, 0.4) is 0 Å². The molecule has 0 radical (unpaired) electrons. The van der Waals surface area contributed by atoms with E-state index in [1.54, 1.807) is 6.07 Å². The lowest BCUT2D eigenvalue weighted by Gasteiger charge is -2.09. The fraction of sp³-hybridized carbons (Fsp3) is 0.357. The van der Waals surface area contributed by atoms with Crippen molar-refractivity contribution >= 4 is 23.8 Å². The van der Waals surface area contributed by atoms with Gasteiger partial charge < -0.3 is 20.1 Å². The molecule has 5 nitrogen and oxygen atoms in total. The summed E-state index contributed by atoms with van der Waals surface area (Å²) in [6.45, 7) is -0.248. The summed E-state index contributed by atoms with van der Waals surface area (Å²) in [5.41, 5.74) is 1.68. The van der Waals surface area contributed by atoms with Gasteiger partial charge in [0.2, 0.25) is 0 Å². The van der Waals surface area contributed by atoms with Crippen molar-refractivity contribution in [1.82, 2.24) is 0 Å². The number of aliphatic hydroxyl groups is 2. The lowest BCUT2D eigenvalue weighted by atomic mass is 10.1. The molecule has 0 spiro atoms. The molecule has 110 valence electrons. The van der Waals surface area contributed by atoms with Crippen molar-refractivity contribution in [2.75, 3.05) is 19.5 Å². The molecular formula is C14H18O5S. The Morgan fingerprint density at radius 3 is 2.85 bits per heavy atom. The number of methoxy groups -OCH3 is 1. The average Bonchev–Trinajstić information content (AvgIpc) is 2.45. The summed E-state index contributed by atoms with van der Waals surface area (Å²) in [4.78, 5) is 10.6. The molecule has 0 saturated heterocycles. The molecule has 1 rings (SSSR count). The number of hydrogen-bond donors (Lipinski definition) is 3. The lowest BCUT2D eigenvalue weighted by Crippen LogP contribution is -2.14. The molecule has 1 aromatic carbocycles. The van der Waals surface area contributed by atoms with Crippen molar-refractivity contribution in [3.63, 3.8) is 0 Å². The van der Waals surface area contributed by atoms with Crippen molar-refractivity contribution in [2.45, 2.75) is 11.9 Å². The topological polar surface area (TPSA) is 87.0 Å². The van der Waals surface area contributed by atoms with Gasteiger partial charge in [-0.1, -0.05) is 6.07 Å². The zero-order valence-corrected chi connectivity index (χ0v) is 12.0. The number of ether oxygens (including phenoxy) is 1. The molecule has 0 amide bonds. The van der Waals surface area contributed by atoms with Crippen LogP contribution in [-0.2, 0) is 10.5 Å². The average molecular weight is 298 g/mol. The molecule has 0 aliphatic rings. The maximum atomic E-state index is 10.6. The predicted octanol–water partition coefficient (Wildman–Crippen LogP) is 1.38. The molecule has 0 fully saturated rings. The number of benzene rings is 1. The van der Waals surface area contributed by atoms with Crippen LogP contribution in [0.4, 0.5) is 0 Å². The van der Waals surface area contributed by atoms with Gasteiger partial charge in [0.15, 0.2) is 0 Å². The molecule has 1 atom stereocenters. The van der Waals surface area contributed by atoms with Crippen molar-refractivity contribution in [2.24, 2.45) is 0 Å². The molecule has 0 aliphatic heterocycles. The fourth-order valence-corrected chi connectivity index (χ4v) is 2.44. The largest absolute Gasteiger partial charge is 0.496 e. The number of hydrogen-bond acceptors (Lipinski definition) is 5. The van der Waals surface area contributed by atoms with E-state index in [0.717, 1.165) is 11.6 Å². The summed E-state index contributed by atoms with van der Waals surface area (Å²) in [5, 5.41) is 26.6. The van der Waals surface area contributed by atoms with E-state index in [2.05, 4.69) is 0 Å². The van der Waals surface area contributed by atoms with Crippen molar-refractivity contribution in [1.29, 1.82) is 0 Å². The number of aliphatic carboxylic acids is 1. The standard InChI is InChI=1S/C14H18O5S/c1-19-13-4-2-10(8-20-9-12(16)7-15)6-11(13)3-5-14(17)18/h2-6,12,15-16H,7-9H2,1H3,(H,17,18). The fourth-order valence-electron chi connectivity index (χ4n) is 1.53. The highest BCUT2D eigenvalue weighted by molar-refractivity contribution is 7.98. The summed E-state index contributed by atoms with van der Waals surface area (Å²) in [6.07, 6.45) is 1.83. The van der Waals surface area contributed by atoms with E-state index in [4.69, 9.17) is 14.9 Å². The minimum absolute atomic E-state index is 0.248. The third-order valence-corrected chi connectivity index (χ3v) is 3.65. The van der Waals surface area contributed by atoms with E-state index in [1.807, 2.05) is 12.1 Å². The van der Waals surface area contributed by atoms with E-state index in [-0.39, 0.29) is 6.61 Å². The first-order valence-corrected chi connectivity index (χ1v) is 7.17. The number of carboxylic acid groups (broad SMARTS) is 1. The molecule has 0 heterocycles. The summed E-state index contributed by atoms with van der Waals surface area (Å²) < 4.78 is 5.17. The Morgan fingerprint density at radius 2 is 2.25 bits per heavy atom. The smallest absolute Gasteiger partial charge is 0.328 e. The second kappa shape index (κ2) is 8.63. The van der Waals surface area contributed by atoms with Crippen LogP contribution in [0, 0.1) is 0 Å². The zero-order chi connectivity index (χ0) is 15.0. The minimum atomic E-state index is -1.02. The van der Waals surface area contributed by atoms with Gasteiger partial charge in [-0.3, -0.25) is 0 Å². The maximum absolute atomic E-state index is 10.6. The normalized spacial score (nSPS) is 12.6. The van der Waals surface area contributed by atoms with Gasteiger partial charge in [0, 0.05) is 23.1 Å². The highest BCUT2D eigenvalue weighted by Crippen LogP contribution is 2.24. The molecule has 3 N–H and O–H groups in total. The Labute approximate surface area is 121 Å². The van der Waals surface area contributed by atoms with Crippen molar-refractivity contribution < 1.29 is 24.9 Å². The molecule has 0 aliphatic carbocycles. The third-order valence-electron chi connectivity index (χ3n) is 2.49. The van der Waals surface area contributed by atoms with E-state index in [0.29, 0.717) is 22.8 Å². The van der Waals surface area contributed by atoms with Crippen molar-refractivity contribution in [3.05, 3.63) is 35.4 Å². The highest BCUT2D eigenvalue weighted by Gasteiger charge is 2.05. The molecule has 0 bridgehead atoms. The molecule has 0 aromatic heterocycles. The Hall–Kier alpha value is -1.50. The number of aliphatic hydroxyl groups excluding tert-OH is 2. The van der Waals surface area contributed by atoms with Gasteiger partial charge in [-0.15, -0.1) is 0 Å². The maximum Gasteiger partial charge on any atom is 0.328 e. The van der Waals surface area contributed by atoms with Gasteiger partial charge in [0.05, 0.1) is 19.8 Å². The third kappa shape index (κ3) is 5.64. The predicted molar refractivity (Wildman–Crippen MR) is 78.9 cm³/mol. The Kier molecular flexibility index (Phi) is 7.14. The minimum Gasteiger partial charge on any atom is -0.496 e. The lowest BCUT2D eigenvalue weighted by molar-refractivity contribution is -0.131. The first kappa shape index (κ1) is 16.6. The van der Waals surface area contributed by atoms with Crippen LogP contribution < -0.4 is 4.74 Å². The van der Waals surface area contributed by atoms with Crippen LogP contribution in [0.5, 0.6) is 5.75 Å². The van der Waals surface area contributed by atoms with Gasteiger partial charge in [0.25, 0.3) is 0 Å². The van der Waals surface area contributed by atoms with Crippen LogP contribution in [0.2, 0.25) is 0 Å². The summed E-state index contributed by atoms with van der Waals surface area (Å²) >= 11 is 1.49. The van der Waals surface area contributed by atoms with E-state index >= 15 is 0 Å². The van der Waals surface area contributed by atoms with Gasteiger partial charge in [-0.05, 0) is 23.8 Å². The van der Waals surface area contributed by atoms with Gasteiger partial charge in [-0.25, -0.2) is 4.79 Å². The number of rotatable bonds is 8. The number of carboxylic acids is 1. The first-order chi connectivity index (χ1) is 9.56. The Morgan fingerprint density at radius 1 is 1.50 bits per heavy atom. The summed E-state index contributed by atoms with van der Waals surface area (Å²) in [5.74, 6) is 0.696. The quantitative estimate of drug-likeness (QED) is 0.629. The van der Waals surface area contributed by atoms with Crippen LogP contribution in [-0.4, -0.2) is 46.9 Å². The van der Waals surface area contributed by atoms with Crippen molar-refractivity contribution in [3.8, 4) is 5.75 Å². The van der Waals surface area contributed by atoms with Crippen LogP contribution >= 0.6 is 11.8 Å². The Bertz CT molecular complexity index is 473. The van der Waals surface area contributed by atoms with E-state index < -0.39 is 12.1 Å². The van der Waals surface area contributed by atoms with E-state index in [9.17, 15) is 9.90 Å². The molecule has 0 saturated carbocycles. The number of thioether (sulfide) groups is 1. The van der Waals surface area contributed by atoms with Crippen LogP contribution in [0.1, 0.15) is 11.1 Å². The van der Waals surface area contributed by atoms with E-state index in [1.165, 1.54) is 24.9 Å². The molecule has 1 aromatic rings. The SMILES string of the molecule is COc1ccc(CSCC(O)CO)cc1C=CC(=O)O. The second-order valence-electron chi connectivity index (χ2n) is 4.10. The molecule has 1 unspecified atom stereocenters. The van der Waals surface area contributed by atoms with Crippen LogP contribution in [0.25, 0.3) is 6.08 Å². The van der Waals surface area contributed by atoms with Gasteiger partial charge in [-0.2, -0.15) is 11.8 Å². The first-order valence-electron chi connectivity index (χ1n) is 6.01. The second-order valence-corrected chi connectivity index (χ2v) is 5.13. The Balaban J connectivity index is 2.73. The van der Waals surface area contributed by atoms with Crippen LogP contribution in [0.15, 0.2) is 24.3 Å². The highest BCUT2D eigenvalue weighted by atomic mass is 32.2. The van der Waals surface area contributed by atoms with Gasteiger partial charge >= 0.3 is 5.97 Å². The van der Waals surface area contributed by atoms with Gasteiger partial charge in [0.1, 0.15) is 5.75 Å². The summed E-state index contributed by atoms with van der Waals surface area (Å²) in [6, 6.07) is 5.51.